The summed E-state index contributed by atoms with van der Waals surface area (Å²) < 4.78 is 1.70. The first-order valence-electron chi connectivity index (χ1n) is 6.23. The van der Waals surface area contributed by atoms with E-state index in [1.807, 2.05) is 0 Å². The molecule has 21 heavy (non-hydrogen) atoms. The van der Waals surface area contributed by atoms with Crippen LogP contribution in [0.15, 0.2) is 30.6 Å². The molecule has 0 aliphatic carbocycles. The molecule has 0 aliphatic rings. The first-order valence-corrected chi connectivity index (χ1v) is 6.23. The largest absolute Gasteiger partial charge is 0.481 e. The smallest absolute Gasteiger partial charge is 0.319 e. The Morgan fingerprint density at radius 3 is 2.86 bits per heavy atom. The molecule has 0 atom stereocenters. The first kappa shape index (κ1) is 14.5. The van der Waals surface area contributed by atoms with Gasteiger partial charge in [-0.2, -0.15) is 0 Å². The average Bonchev–Trinajstić information content (AvgIpc) is 2.81. The number of rotatable bonds is 5. The molecule has 0 radical (unpaired) electrons. The third kappa shape index (κ3) is 4.30. The van der Waals surface area contributed by atoms with Gasteiger partial charge in [-0.25, -0.2) is 4.79 Å². The quantitative estimate of drug-likeness (QED) is 0.753. The van der Waals surface area contributed by atoms with E-state index in [1.54, 1.807) is 42.2 Å². The number of benzene rings is 1. The van der Waals surface area contributed by atoms with E-state index in [1.165, 1.54) is 0 Å². The standard InChI is InChI=1S/C13H15N5O3/c1-18-8-15-17-11(18)7-14-13(21)16-10-4-2-3-9(5-10)6-12(19)20/h2-5,8H,6-7H2,1H3,(H,19,20)(H2,14,16,21). The minimum absolute atomic E-state index is 0.0872. The van der Waals surface area contributed by atoms with Gasteiger partial charge >= 0.3 is 12.0 Å². The number of hydrogen-bond donors (Lipinski definition) is 3. The van der Waals surface area contributed by atoms with Gasteiger partial charge < -0.3 is 20.3 Å². The summed E-state index contributed by atoms with van der Waals surface area (Å²) in [4.78, 5) is 22.4. The van der Waals surface area contributed by atoms with Crippen LogP contribution in [0.1, 0.15) is 11.4 Å². The van der Waals surface area contributed by atoms with Gasteiger partial charge in [0.05, 0.1) is 13.0 Å². The predicted octanol–water partition coefficient (Wildman–Crippen LogP) is 0.764. The monoisotopic (exact) mass is 289 g/mol. The van der Waals surface area contributed by atoms with Crippen molar-refractivity contribution in [2.24, 2.45) is 7.05 Å². The zero-order valence-corrected chi connectivity index (χ0v) is 11.4. The minimum Gasteiger partial charge on any atom is -0.481 e. The topological polar surface area (TPSA) is 109 Å². The number of carboxylic acids is 1. The summed E-state index contributed by atoms with van der Waals surface area (Å²) in [6.45, 7) is 0.247. The van der Waals surface area contributed by atoms with E-state index in [0.717, 1.165) is 0 Å². The molecule has 1 aromatic carbocycles. The number of anilines is 1. The highest BCUT2D eigenvalue weighted by molar-refractivity contribution is 5.89. The van der Waals surface area contributed by atoms with E-state index in [0.29, 0.717) is 17.1 Å². The van der Waals surface area contributed by atoms with Crippen LogP contribution in [0.25, 0.3) is 0 Å². The summed E-state index contributed by atoms with van der Waals surface area (Å²) in [6.07, 6.45) is 1.46. The van der Waals surface area contributed by atoms with Gasteiger partial charge in [-0.1, -0.05) is 12.1 Å². The van der Waals surface area contributed by atoms with E-state index < -0.39 is 12.0 Å². The molecule has 0 unspecified atom stereocenters. The van der Waals surface area contributed by atoms with E-state index in [-0.39, 0.29) is 13.0 Å². The maximum atomic E-state index is 11.8. The van der Waals surface area contributed by atoms with Crippen LogP contribution >= 0.6 is 0 Å². The summed E-state index contributed by atoms with van der Waals surface area (Å²) in [6, 6.07) is 6.29. The maximum absolute atomic E-state index is 11.8. The van der Waals surface area contributed by atoms with Crippen molar-refractivity contribution in [3.8, 4) is 0 Å². The number of aromatic nitrogens is 3. The number of carbonyl (C=O) groups excluding carboxylic acids is 1. The molecule has 1 heterocycles. The molecule has 8 heteroatoms. The third-order valence-electron chi connectivity index (χ3n) is 2.75. The molecule has 0 saturated heterocycles. The number of aryl methyl sites for hydroxylation is 1. The molecule has 110 valence electrons. The highest BCUT2D eigenvalue weighted by atomic mass is 16.4. The van der Waals surface area contributed by atoms with Crippen molar-refractivity contribution in [3.63, 3.8) is 0 Å². The van der Waals surface area contributed by atoms with E-state index in [2.05, 4.69) is 20.8 Å². The molecular weight excluding hydrogens is 274 g/mol. The fraction of sp³-hybridized carbons (Fsp3) is 0.231. The van der Waals surface area contributed by atoms with Gasteiger partial charge in [0.25, 0.3) is 0 Å². The molecule has 0 fully saturated rings. The number of urea groups is 1. The Kier molecular flexibility index (Phi) is 4.50. The summed E-state index contributed by atoms with van der Waals surface area (Å²) in [5, 5.41) is 21.6. The molecule has 2 aromatic rings. The Labute approximate surface area is 120 Å². The highest BCUT2D eigenvalue weighted by Crippen LogP contribution is 2.11. The lowest BCUT2D eigenvalue weighted by atomic mass is 10.1. The second-order valence-electron chi connectivity index (χ2n) is 4.44. The number of hydrogen-bond acceptors (Lipinski definition) is 4. The molecular formula is C13H15N5O3. The SMILES string of the molecule is Cn1cnnc1CNC(=O)Nc1cccc(CC(=O)O)c1. The molecule has 0 bridgehead atoms. The molecule has 1 aromatic heterocycles. The van der Waals surface area contributed by atoms with Crippen molar-refractivity contribution in [1.29, 1.82) is 0 Å². The van der Waals surface area contributed by atoms with Gasteiger partial charge in [0.2, 0.25) is 0 Å². The lowest BCUT2D eigenvalue weighted by Gasteiger charge is -2.08. The fourth-order valence-corrected chi connectivity index (χ4v) is 1.74. The Morgan fingerprint density at radius 1 is 1.38 bits per heavy atom. The lowest BCUT2D eigenvalue weighted by Crippen LogP contribution is -2.29. The zero-order valence-electron chi connectivity index (χ0n) is 11.4. The van der Waals surface area contributed by atoms with Crippen LogP contribution in [0.4, 0.5) is 10.5 Å². The molecule has 3 N–H and O–H groups in total. The molecule has 0 aliphatic heterocycles. The van der Waals surface area contributed by atoms with Crippen molar-refractivity contribution in [2.75, 3.05) is 5.32 Å². The van der Waals surface area contributed by atoms with Crippen LogP contribution in [-0.4, -0.2) is 31.9 Å². The summed E-state index contributed by atoms with van der Waals surface area (Å²) >= 11 is 0. The Balaban J connectivity index is 1.90. The fourth-order valence-electron chi connectivity index (χ4n) is 1.74. The number of carbonyl (C=O) groups is 2. The Hall–Kier alpha value is -2.90. The number of amides is 2. The van der Waals surface area contributed by atoms with Gasteiger partial charge in [0.15, 0.2) is 5.82 Å². The molecule has 2 amide bonds. The maximum Gasteiger partial charge on any atom is 0.319 e. The second-order valence-corrected chi connectivity index (χ2v) is 4.44. The van der Waals surface area contributed by atoms with Crippen LogP contribution in [-0.2, 0) is 24.8 Å². The Bertz CT molecular complexity index is 653. The zero-order chi connectivity index (χ0) is 15.2. The number of carboxylic acid groups (broad SMARTS) is 1. The van der Waals surface area contributed by atoms with Crippen molar-refractivity contribution in [1.82, 2.24) is 20.1 Å². The van der Waals surface area contributed by atoms with Crippen LogP contribution < -0.4 is 10.6 Å². The van der Waals surface area contributed by atoms with Gasteiger partial charge in [-0.15, -0.1) is 10.2 Å². The molecule has 8 nitrogen and oxygen atoms in total. The van der Waals surface area contributed by atoms with Gasteiger partial charge in [0.1, 0.15) is 6.33 Å². The van der Waals surface area contributed by atoms with Crippen LogP contribution in [0.3, 0.4) is 0 Å². The second kappa shape index (κ2) is 6.51. The summed E-state index contributed by atoms with van der Waals surface area (Å²) in [5.74, 6) is -0.288. The van der Waals surface area contributed by atoms with Crippen LogP contribution in [0, 0.1) is 0 Å². The minimum atomic E-state index is -0.918. The van der Waals surface area contributed by atoms with E-state index in [4.69, 9.17) is 5.11 Å². The average molecular weight is 289 g/mol. The predicted molar refractivity (Wildman–Crippen MR) is 74.6 cm³/mol. The molecule has 0 saturated carbocycles. The first-order chi connectivity index (χ1) is 10.0. The van der Waals surface area contributed by atoms with Crippen molar-refractivity contribution < 1.29 is 14.7 Å². The Morgan fingerprint density at radius 2 is 2.19 bits per heavy atom. The van der Waals surface area contributed by atoms with E-state index in [9.17, 15) is 9.59 Å². The summed E-state index contributed by atoms with van der Waals surface area (Å²) in [5.41, 5.74) is 1.15. The third-order valence-corrected chi connectivity index (χ3v) is 2.75. The normalized spacial score (nSPS) is 10.1. The van der Waals surface area contributed by atoms with Gasteiger partial charge in [-0.3, -0.25) is 4.79 Å². The molecule has 2 rings (SSSR count). The number of nitrogens with zero attached hydrogens (tertiary/aromatic N) is 3. The molecule has 0 spiro atoms. The summed E-state index contributed by atoms with van der Waals surface area (Å²) in [7, 11) is 1.78. The van der Waals surface area contributed by atoms with Crippen LogP contribution in [0.5, 0.6) is 0 Å². The van der Waals surface area contributed by atoms with Crippen molar-refractivity contribution in [2.45, 2.75) is 13.0 Å². The van der Waals surface area contributed by atoms with Crippen molar-refractivity contribution in [3.05, 3.63) is 42.0 Å². The number of aliphatic carboxylic acids is 1. The van der Waals surface area contributed by atoms with Crippen LogP contribution in [0.2, 0.25) is 0 Å². The van der Waals surface area contributed by atoms with Crippen molar-refractivity contribution >= 4 is 17.7 Å². The highest BCUT2D eigenvalue weighted by Gasteiger charge is 2.06. The van der Waals surface area contributed by atoms with E-state index >= 15 is 0 Å². The van der Waals surface area contributed by atoms with Gasteiger partial charge in [-0.05, 0) is 17.7 Å². The lowest BCUT2D eigenvalue weighted by molar-refractivity contribution is -0.136. The number of nitrogens with one attached hydrogen (secondary N) is 2. The van der Waals surface area contributed by atoms with Gasteiger partial charge in [0, 0.05) is 12.7 Å².